The van der Waals surface area contributed by atoms with Crippen molar-refractivity contribution in [1.29, 1.82) is 0 Å². The van der Waals surface area contributed by atoms with Crippen LogP contribution >= 0.6 is 11.6 Å². The average Bonchev–Trinajstić information content (AvgIpc) is 2.43. The molecular weight excluding hydrogens is 202 g/mol. The Kier molecular flexibility index (Phi) is 2.04. The van der Waals surface area contributed by atoms with Crippen LogP contribution in [0.1, 0.15) is 17.3 Å². The lowest BCUT2D eigenvalue weighted by Gasteiger charge is -2.13. The zero-order valence-electron chi connectivity index (χ0n) is 7.58. The normalized spacial score (nSPS) is 14.4. The second kappa shape index (κ2) is 3.10. The zero-order valence-corrected chi connectivity index (χ0v) is 8.34. The zero-order chi connectivity index (χ0) is 10.3. The molecule has 0 unspecified atom stereocenters. The van der Waals surface area contributed by atoms with E-state index in [2.05, 4.69) is 0 Å². The Balaban J connectivity index is 2.56. The van der Waals surface area contributed by atoms with Gasteiger partial charge in [0.25, 0.3) is 0 Å². The topological polar surface area (TPSA) is 37.4 Å². The van der Waals surface area contributed by atoms with E-state index in [-0.39, 0.29) is 18.2 Å². The number of benzene rings is 1. The van der Waals surface area contributed by atoms with Gasteiger partial charge in [-0.05, 0) is 18.2 Å². The van der Waals surface area contributed by atoms with Crippen LogP contribution in [0.5, 0.6) is 0 Å². The van der Waals surface area contributed by atoms with Crippen molar-refractivity contribution in [2.75, 3.05) is 11.4 Å². The summed E-state index contributed by atoms with van der Waals surface area (Å²) in [5.74, 6) is -0.175. The summed E-state index contributed by atoms with van der Waals surface area (Å²) in [5.41, 5.74) is 1.19. The molecule has 72 valence electrons. The fourth-order valence-corrected chi connectivity index (χ4v) is 1.73. The van der Waals surface area contributed by atoms with Crippen molar-refractivity contribution < 1.29 is 9.59 Å². The van der Waals surface area contributed by atoms with E-state index in [1.807, 2.05) is 0 Å². The number of fused-ring (bicyclic) bond motifs is 1. The van der Waals surface area contributed by atoms with E-state index >= 15 is 0 Å². The van der Waals surface area contributed by atoms with Gasteiger partial charge in [0.1, 0.15) is 0 Å². The molecule has 0 aliphatic carbocycles. The lowest BCUT2D eigenvalue weighted by Crippen LogP contribution is -2.27. The summed E-state index contributed by atoms with van der Waals surface area (Å²) in [6.07, 6.45) is 0. The molecule has 0 atom stereocenters. The van der Waals surface area contributed by atoms with Gasteiger partial charge in [-0.2, -0.15) is 0 Å². The Morgan fingerprint density at radius 3 is 2.86 bits per heavy atom. The summed E-state index contributed by atoms with van der Waals surface area (Å²) in [7, 11) is 0. The van der Waals surface area contributed by atoms with Crippen molar-refractivity contribution in [3.8, 4) is 0 Å². The molecular formula is C10H8ClNO2. The fourth-order valence-electron chi connectivity index (χ4n) is 1.56. The lowest BCUT2D eigenvalue weighted by atomic mass is 10.1. The quantitative estimate of drug-likeness (QED) is 0.655. The molecule has 1 heterocycles. The van der Waals surface area contributed by atoms with Crippen molar-refractivity contribution in [2.45, 2.75) is 6.92 Å². The standard InChI is InChI=1S/C10H8ClNO2/c1-6(13)12-5-10(14)8-3-2-7(11)4-9(8)12/h2-4H,5H2,1H3. The van der Waals surface area contributed by atoms with Crippen LogP contribution in [0, 0.1) is 0 Å². The van der Waals surface area contributed by atoms with Crippen molar-refractivity contribution in [3.63, 3.8) is 0 Å². The molecule has 1 aliphatic rings. The minimum absolute atomic E-state index is 0.0353. The Labute approximate surface area is 86.3 Å². The van der Waals surface area contributed by atoms with E-state index < -0.39 is 0 Å². The Morgan fingerprint density at radius 1 is 1.50 bits per heavy atom. The van der Waals surface area contributed by atoms with E-state index in [0.717, 1.165) is 0 Å². The number of carbonyl (C=O) groups is 2. The predicted molar refractivity (Wildman–Crippen MR) is 53.8 cm³/mol. The number of hydrogen-bond acceptors (Lipinski definition) is 2. The second-order valence-electron chi connectivity index (χ2n) is 3.19. The van der Waals surface area contributed by atoms with Crippen LogP contribution in [-0.4, -0.2) is 18.2 Å². The average molecular weight is 210 g/mol. The molecule has 0 spiro atoms. The minimum atomic E-state index is -0.139. The number of amides is 1. The molecule has 0 radical (unpaired) electrons. The maximum absolute atomic E-state index is 11.5. The summed E-state index contributed by atoms with van der Waals surface area (Å²) >= 11 is 5.79. The van der Waals surface area contributed by atoms with Crippen LogP contribution in [0.3, 0.4) is 0 Å². The number of carbonyl (C=O) groups excluding carboxylic acids is 2. The third-order valence-corrected chi connectivity index (χ3v) is 2.47. The van der Waals surface area contributed by atoms with Gasteiger partial charge in [0.05, 0.1) is 12.2 Å². The van der Waals surface area contributed by atoms with Gasteiger partial charge in [0, 0.05) is 17.5 Å². The van der Waals surface area contributed by atoms with E-state index in [9.17, 15) is 9.59 Å². The van der Waals surface area contributed by atoms with E-state index in [1.165, 1.54) is 11.8 Å². The summed E-state index contributed by atoms with van der Waals surface area (Å²) < 4.78 is 0. The van der Waals surface area contributed by atoms with E-state index in [0.29, 0.717) is 16.3 Å². The van der Waals surface area contributed by atoms with Crippen LogP contribution in [0.2, 0.25) is 5.02 Å². The molecule has 1 aromatic carbocycles. The molecule has 14 heavy (non-hydrogen) atoms. The Bertz CT molecular complexity index is 428. The highest BCUT2D eigenvalue weighted by atomic mass is 35.5. The highest BCUT2D eigenvalue weighted by Crippen LogP contribution is 2.30. The van der Waals surface area contributed by atoms with E-state index in [4.69, 9.17) is 11.6 Å². The van der Waals surface area contributed by atoms with Gasteiger partial charge in [-0.3, -0.25) is 9.59 Å². The van der Waals surface area contributed by atoms with E-state index in [1.54, 1.807) is 18.2 Å². The summed E-state index contributed by atoms with van der Waals surface area (Å²) in [6.45, 7) is 1.56. The van der Waals surface area contributed by atoms with Crippen molar-refractivity contribution >= 4 is 29.0 Å². The van der Waals surface area contributed by atoms with Gasteiger partial charge in [-0.25, -0.2) is 0 Å². The molecule has 0 saturated carbocycles. The predicted octanol–water partition coefficient (Wildman–Crippen LogP) is 1.89. The fraction of sp³-hybridized carbons (Fsp3) is 0.200. The van der Waals surface area contributed by atoms with Crippen LogP contribution in [-0.2, 0) is 4.79 Å². The number of rotatable bonds is 0. The van der Waals surface area contributed by atoms with Gasteiger partial charge in [-0.1, -0.05) is 11.6 Å². The first-order valence-corrected chi connectivity index (χ1v) is 4.58. The van der Waals surface area contributed by atoms with Gasteiger partial charge >= 0.3 is 0 Å². The largest absolute Gasteiger partial charge is 0.304 e. The molecule has 0 fully saturated rings. The smallest absolute Gasteiger partial charge is 0.224 e. The maximum Gasteiger partial charge on any atom is 0.224 e. The summed E-state index contributed by atoms with van der Waals surface area (Å²) in [4.78, 5) is 24.1. The Hall–Kier alpha value is -1.35. The molecule has 0 saturated heterocycles. The highest BCUT2D eigenvalue weighted by Gasteiger charge is 2.28. The number of nitrogens with zero attached hydrogens (tertiary/aromatic N) is 1. The second-order valence-corrected chi connectivity index (χ2v) is 3.63. The van der Waals surface area contributed by atoms with Crippen molar-refractivity contribution in [1.82, 2.24) is 0 Å². The van der Waals surface area contributed by atoms with Crippen LogP contribution in [0.25, 0.3) is 0 Å². The Morgan fingerprint density at radius 2 is 2.21 bits per heavy atom. The molecule has 1 aromatic rings. The number of halogens is 1. The molecule has 4 heteroatoms. The highest BCUT2D eigenvalue weighted by molar-refractivity contribution is 6.31. The third kappa shape index (κ3) is 1.30. The third-order valence-electron chi connectivity index (χ3n) is 2.23. The number of hydrogen-bond donors (Lipinski definition) is 0. The van der Waals surface area contributed by atoms with Crippen LogP contribution in [0.15, 0.2) is 18.2 Å². The molecule has 3 nitrogen and oxygen atoms in total. The van der Waals surface area contributed by atoms with Crippen LogP contribution < -0.4 is 4.90 Å². The molecule has 1 aliphatic heterocycles. The summed E-state index contributed by atoms with van der Waals surface area (Å²) in [5, 5.41) is 0.532. The van der Waals surface area contributed by atoms with Crippen molar-refractivity contribution in [3.05, 3.63) is 28.8 Å². The van der Waals surface area contributed by atoms with Crippen molar-refractivity contribution in [2.24, 2.45) is 0 Å². The molecule has 2 rings (SSSR count). The molecule has 1 amide bonds. The van der Waals surface area contributed by atoms with Gasteiger partial charge in [-0.15, -0.1) is 0 Å². The first-order valence-electron chi connectivity index (χ1n) is 4.20. The molecule has 0 N–H and O–H groups in total. The number of Topliss-reactive ketones (excluding diaryl/α,β-unsaturated/α-hetero) is 1. The first-order chi connectivity index (χ1) is 6.59. The van der Waals surface area contributed by atoms with Gasteiger partial charge in [0.15, 0.2) is 5.78 Å². The monoisotopic (exact) mass is 209 g/mol. The van der Waals surface area contributed by atoms with Gasteiger partial charge in [0.2, 0.25) is 5.91 Å². The molecule has 0 aromatic heterocycles. The lowest BCUT2D eigenvalue weighted by molar-refractivity contribution is -0.116. The molecule has 0 bridgehead atoms. The van der Waals surface area contributed by atoms with Crippen LogP contribution in [0.4, 0.5) is 5.69 Å². The maximum atomic E-state index is 11.5. The first kappa shape index (κ1) is 9.21. The summed E-state index contributed by atoms with van der Waals surface area (Å²) in [6, 6.07) is 4.95. The SMILES string of the molecule is CC(=O)N1CC(=O)c2ccc(Cl)cc21. The number of ketones is 1. The minimum Gasteiger partial charge on any atom is -0.304 e. The number of anilines is 1. The van der Waals surface area contributed by atoms with Gasteiger partial charge < -0.3 is 4.90 Å².